The smallest absolute Gasteiger partial charge is 0.226 e. The van der Waals surface area contributed by atoms with E-state index in [1.54, 1.807) is 18.2 Å². The molecule has 5 heteroatoms. The molecular weight excluding hydrogens is 295 g/mol. The molecule has 20 heavy (non-hydrogen) atoms. The Hall–Kier alpha value is -1.55. The van der Waals surface area contributed by atoms with Gasteiger partial charge in [-0.2, -0.15) is 0 Å². The average molecular weight is 309 g/mol. The summed E-state index contributed by atoms with van der Waals surface area (Å²) in [4.78, 5) is 12.0. The summed E-state index contributed by atoms with van der Waals surface area (Å²) in [7, 11) is 0. The number of hydrogen-bond acceptors (Lipinski definition) is 2. The number of nitrogens with two attached hydrogens (primary N) is 1. The highest BCUT2D eigenvalue weighted by Crippen LogP contribution is 2.26. The molecule has 1 unspecified atom stereocenters. The number of benzene rings is 2. The summed E-state index contributed by atoms with van der Waals surface area (Å²) < 4.78 is 0. The number of rotatable bonds is 4. The molecule has 104 valence electrons. The van der Waals surface area contributed by atoms with Crippen LogP contribution < -0.4 is 11.1 Å². The average Bonchev–Trinajstić information content (AvgIpc) is 2.43. The lowest BCUT2D eigenvalue weighted by atomic mass is 10.0. The van der Waals surface area contributed by atoms with E-state index >= 15 is 0 Å². The van der Waals surface area contributed by atoms with Gasteiger partial charge in [0.15, 0.2) is 0 Å². The molecule has 3 N–H and O–H groups in total. The molecule has 2 aromatic rings. The summed E-state index contributed by atoms with van der Waals surface area (Å²) in [5.41, 5.74) is 7.45. The SMILES string of the molecule is NC(CC(=O)Nc1ccc(Cl)cc1Cl)c1ccccc1. The zero-order chi connectivity index (χ0) is 14.5. The van der Waals surface area contributed by atoms with Gasteiger partial charge in [0.2, 0.25) is 5.91 Å². The van der Waals surface area contributed by atoms with E-state index in [2.05, 4.69) is 5.32 Å². The first-order valence-corrected chi connectivity index (χ1v) is 6.87. The maximum absolute atomic E-state index is 12.0. The largest absolute Gasteiger partial charge is 0.325 e. The van der Waals surface area contributed by atoms with Gasteiger partial charge in [0.1, 0.15) is 0 Å². The Kier molecular flexibility index (Phi) is 5.01. The number of amides is 1. The number of carbonyl (C=O) groups is 1. The van der Waals surface area contributed by atoms with Crippen molar-refractivity contribution in [2.45, 2.75) is 12.5 Å². The van der Waals surface area contributed by atoms with Crippen molar-refractivity contribution >= 4 is 34.8 Å². The zero-order valence-corrected chi connectivity index (χ0v) is 12.2. The molecule has 0 radical (unpaired) electrons. The van der Waals surface area contributed by atoms with Gasteiger partial charge in [-0.05, 0) is 23.8 Å². The van der Waals surface area contributed by atoms with Gasteiger partial charge in [-0.1, -0.05) is 53.5 Å². The Morgan fingerprint density at radius 3 is 2.50 bits per heavy atom. The molecule has 0 spiro atoms. The van der Waals surface area contributed by atoms with Gasteiger partial charge in [-0.25, -0.2) is 0 Å². The summed E-state index contributed by atoms with van der Waals surface area (Å²) in [6.07, 6.45) is 0.184. The molecule has 0 saturated carbocycles. The molecule has 0 aromatic heterocycles. The van der Waals surface area contributed by atoms with E-state index in [1.807, 2.05) is 30.3 Å². The summed E-state index contributed by atoms with van der Waals surface area (Å²) in [6.45, 7) is 0. The molecule has 0 aliphatic heterocycles. The molecule has 1 amide bonds. The lowest BCUT2D eigenvalue weighted by molar-refractivity contribution is -0.116. The van der Waals surface area contributed by atoms with Crippen molar-refractivity contribution in [3.8, 4) is 0 Å². The Balaban J connectivity index is 1.99. The summed E-state index contributed by atoms with van der Waals surface area (Å²) in [6, 6.07) is 14.0. The quantitative estimate of drug-likeness (QED) is 0.896. The summed E-state index contributed by atoms with van der Waals surface area (Å²) in [5, 5.41) is 3.65. The second kappa shape index (κ2) is 6.75. The van der Waals surface area contributed by atoms with Gasteiger partial charge >= 0.3 is 0 Å². The van der Waals surface area contributed by atoms with Crippen LogP contribution in [0, 0.1) is 0 Å². The maximum Gasteiger partial charge on any atom is 0.226 e. The van der Waals surface area contributed by atoms with Gasteiger partial charge < -0.3 is 11.1 Å². The zero-order valence-electron chi connectivity index (χ0n) is 10.6. The highest BCUT2D eigenvalue weighted by Gasteiger charge is 2.12. The van der Waals surface area contributed by atoms with Crippen LogP contribution in [-0.2, 0) is 4.79 Å². The van der Waals surface area contributed by atoms with Crippen molar-refractivity contribution in [3.05, 3.63) is 64.1 Å². The predicted molar refractivity (Wildman–Crippen MR) is 83.1 cm³/mol. The molecule has 1 atom stereocenters. The van der Waals surface area contributed by atoms with Crippen molar-refractivity contribution in [3.63, 3.8) is 0 Å². The highest BCUT2D eigenvalue weighted by atomic mass is 35.5. The Bertz CT molecular complexity index is 602. The first kappa shape index (κ1) is 14.9. The van der Waals surface area contributed by atoms with Crippen LogP contribution in [0.1, 0.15) is 18.0 Å². The predicted octanol–water partition coefficient (Wildman–Crippen LogP) is 4.02. The van der Waals surface area contributed by atoms with Crippen LogP contribution in [0.5, 0.6) is 0 Å². The van der Waals surface area contributed by atoms with Gasteiger partial charge in [-0.15, -0.1) is 0 Å². The van der Waals surface area contributed by atoms with Gasteiger partial charge in [0.05, 0.1) is 10.7 Å². The van der Waals surface area contributed by atoms with Crippen LogP contribution in [0.4, 0.5) is 5.69 Å². The monoisotopic (exact) mass is 308 g/mol. The van der Waals surface area contributed by atoms with Crippen molar-refractivity contribution in [1.82, 2.24) is 0 Å². The molecule has 0 bridgehead atoms. The number of hydrogen-bond donors (Lipinski definition) is 2. The third-order valence-corrected chi connectivity index (χ3v) is 3.39. The fourth-order valence-electron chi connectivity index (χ4n) is 1.81. The van der Waals surface area contributed by atoms with E-state index in [0.717, 1.165) is 5.56 Å². The standard InChI is InChI=1S/C15H14Cl2N2O/c16-11-6-7-14(12(17)8-11)19-15(20)9-13(18)10-4-2-1-3-5-10/h1-8,13H,9,18H2,(H,19,20). The second-order valence-electron chi connectivity index (χ2n) is 4.39. The van der Waals surface area contributed by atoms with Crippen LogP contribution in [-0.4, -0.2) is 5.91 Å². The Morgan fingerprint density at radius 2 is 1.85 bits per heavy atom. The van der Waals surface area contributed by atoms with Crippen LogP contribution in [0.2, 0.25) is 10.0 Å². The van der Waals surface area contributed by atoms with Crippen LogP contribution in [0.15, 0.2) is 48.5 Å². The van der Waals surface area contributed by atoms with E-state index in [0.29, 0.717) is 15.7 Å². The van der Waals surface area contributed by atoms with Crippen LogP contribution in [0.3, 0.4) is 0 Å². The molecule has 0 aliphatic carbocycles. The van der Waals surface area contributed by atoms with Crippen LogP contribution >= 0.6 is 23.2 Å². The van der Waals surface area contributed by atoms with E-state index in [1.165, 1.54) is 0 Å². The number of nitrogens with one attached hydrogen (secondary N) is 1. The Morgan fingerprint density at radius 1 is 1.15 bits per heavy atom. The lowest BCUT2D eigenvalue weighted by Gasteiger charge is -2.13. The fourth-order valence-corrected chi connectivity index (χ4v) is 2.27. The first-order valence-electron chi connectivity index (χ1n) is 6.11. The fraction of sp³-hybridized carbons (Fsp3) is 0.133. The first-order chi connectivity index (χ1) is 9.56. The molecule has 2 aromatic carbocycles. The molecular formula is C15H14Cl2N2O. The van der Waals surface area contributed by atoms with Crippen LogP contribution in [0.25, 0.3) is 0 Å². The Labute approximate surface area is 127 Å². The second-order valence-corrected chi connectivity index (χ2v) is 5.24. The lowest BCUT2D eigenvalue weighted by Crippen LogP contribution is -2.20. The molecule has 0 fully saturated rings. The summed E-state index contributed by atoms with van der Waals surface area (Å²) >= 11 is 11.8. The third kappa shape index (κ3) is 3.97. The van der Waals surface area contributed by atoms with E-state index in [9.17, 15) is 4.79 Å². The highest BCUT2D eigenvalue weighted by molar-refractivity contribution is 6.36. The maximum atomic E-state index is 12.0. The van der Waals surface area contributed by atoms with Gasteiger partial charge in [-0.3, -0.25) is 4.79 Å². The minimum absolute atomic E-state index is 0.184. The van der Waals surface area contributed by atoms with Gasteiger partial charge in [0.25, 0.3) is 0 Å². The van der Waals surface area contributed by atoms with Crippen molar-refractivity contribution in [1.29, 1.82) is 0 Å². The third-order valence-electron chi connectivity index (χ3n) is 2.84. The van der Waals surface area contributed by atoms with E-state index < -0.39 is 0 Å². The van der Waals surface area contributed by atoms with E-state index in [4.69, 9.17) is 28.9 Å². The minimum Gasteiger partial charge on any atom is -0.325 e. The topological polar surface area (TPSA) is 55.1 Å². The molecule has 0 aliphatic rings. The van der Waals surface area contributed by atoms with Crippen molar-refractivity contribution < 1.29 is 4.79 Å². The number of anilines is 1. The van der Waals surface area contributed by atoms with Gasteiger partial charge in [0, 0.05) is 17.5 Å². The molecule has 0 heterocycles. The normalized spacial score (nSPS) is 11.9. The molecule has 3 nitrogen and oxygen atoms in total. The van der Waals surface area contributed by atoms with E-state index in [-0.39, 0.29) is 18.4 Å². The minimum atomic E-state index is -0.345. The molecule has 2 rings (SSSR count). The van der Waals surface area contributed by atoms with Crippen molar-refractivity contribution in [2.75, 3.05) is 5.32 Å². The number of carbonyl (C=O) groups excluding carboxylic acids is 1. The number of halogens is 2. The van der Waals surface area contributed by atoms with Crippen molar-refractivity contribution in [2.24, 2.45) is 5.73 Å². The molecule has 0 saturated heterocycles. The summed E-state index contributed by atoms with van der Waals surface area (Å²) in [5.74, 6) is -0.189.